The highest BCUT2D eigenvalue weighted by Crippen LogP contribution is 2.35. The largest absolute Gasteiger partial charge is 0.393 e. The van der Waals surface area contributed by atoms with Crippen molar-refractivity contribution in [2.75, 3.05) is 6.54 Å². The number of aryl methyl sites for hydroxylation is 1. The van der Waals surface area contributed by atoms with E-state index in [0.29, 0.717) is 31.2 Å². The molecule has 1 amide bonds. The van der Waals surface area contributed by atoms with Crippen molar-refractivity contribution in [3.8, 4) is 11.4 Å². The summed E-state index contributed by atoms with van der Waals surface area (Å²) in [7, 11) is 0. The minimum Gasteiger partial charge on any atom is -0.393 e. The number of hydrogen-bond donors (Lipinski definition) is 1. The van der Waals surface area contributed by atoms with Gasteiger partial charge in [-0.3, -0.25) is 9.78 Å². The van der Waals surface area contributed by atoms with Crippen LogP contribution < -0.4 is 0 Å². The zero-order valence-electron chi connectivity index (χ0n) is 16.6. The molecule has 0 atom stereocenters. The van der Waals surface area contributed by atoms with Crippen LogP contribution in [0.5, 0.6) is 0 Å². The van der Waals surface area contributed by atoms with Crippen LogP contribution in [0.2, 0.25) is 0 Å². The molecule has 1 aliphatic carbocycles. The number of amides is 1. The Morgan fingerprint density at radius 2 is 2.11 bits per heavy atom. The highest BCUT2D eigenvalue weighted by Gasteiger charge is 2.29. The number of pyridine rings is 1. The maximum Gasteiger partial charge on any atom is 0.230 e. The summed E-state index contributed by atoms with van der Waals surface area (Å²) in [5, 5.41) is 14.0. The Labute approximate surface area is 165 Å². The van der Waals surface area contributed by atoms with E-state index < -0.39 is 0 Å². The Balaban J connectivity index is 1.60. The van der Waals surface area contributed by atoms with Crippen molar-refractivity contribution in [1.82, 2.24) is 20.0 Å². The quantitative estimate of drug-likeness (QED) is 0.870. The van der Waals surface area contributed by atoms with Crippen molar-refractivity contribution >= 4 is 5.91 Å². The van der Waals surface area contributed by atoms with E-state index in [1.54, 1.807) is 0 Å². The highest BCUT2D eigenvalue weighted by molar-refractivity contribution is 5.77. The number of nitrogens with zero attached hydrogens (tertiary/aromatic N) is 4. The standard InChI is InChI=1S/C21H28N4O3/c1-3-4-18(27)25-10-9-17-15(12-25)11-22-13(2)19(17)20-23-21(28-24-20)14-5-7-16(26)8-6-14/h11,14,16,26H,3-10,12H2,1-2H3. The Morgan fingerprint density at radius 1 is 1.32 bits per heavy atom. The highest BCUT2D eigenvalue weighted by atomic mass is 16.5. The van der Waals surface area contributed by atoms with E-state index in [1.165, 1.54) is 5.56 Å². The average Bonchev–Trinajstić information content (AvgIpc) is 3.18. The van der Waals surface area contributed by atoms with Gasteiger partial charge in [0.1, 0.15) is 0 Å². The van der Waals surface area contributed by atoms with Gasteiger partial charge in [0.2, 0.25) is 17.6 Å². The van der Waals surface area contributed by atoms with E-state index in [1.807, 2.05) is 24.9 Å². The number of carbonyl (C=O) groups excluding carboxylic acids is 1. The van der Waals surface area contributed by atoms with Crippen LogP contribution in [-0.2, 0) is 17.8 Å². The van der Waals surface area contributed by atoms with E-state index >= 15 is 0 Å². The fourth-order valence-electron chi connectivity index (χ4n) is 4.36. The summed E-state index contributed by atoms with van der Waals surface area (Å²) in [5.41, 5.74) is 4.09. The third-order valence-electron chi connectivity index (χ3n) is 5.99. The van der Waals surface area contributed by atoms with Crippen molar-refractivity contribution in [1.29, 1.82) is 0 Å². The van der Waals surface area contributed by atoms with Gasteiger partial charge in [0.15, 0.2) is 0 Å². The second-order valence-electron chi connectivity index (χ2n) is 8.00. The minimum atomic E-state index is -0.204. The van der Waals surface area contributed by atoms with Gasteiger partial charge >= 0.3 is 0 Å². The van der Waals surface area contributed by atoms with Gasteiger partial charge in [0.05, 0.1) is 6.10 Å². The number of aliphatic hydroxyl groups excluding tert-OH is 1. The first-order chi connectivity index (χ1) is 13.6. The molecule has 1 N–H and O–H groups in total. The van der Waals surface area contributed by atoms with Gasteiger partial charge in [0, 0.05) is 42.9 Å². The molecule has 3 heterocycles. The normalized spacial score (nSPS) is 22.2. The van der Waals surface area contributed by atoms with Crippen molar-refractivity contribution in [2.24, 2.45) is 0 Å². The van der Waals surface area contributed by atoms with Crippen LogP contribution in [0.4, 0.5) is 0 Å². The topological polar surface area (TPSA) is 92.4 Å². The second-order valence-corrected chi connectivity index (χ2v) is 8.00. The Kier molecular flexibility index (Phi) is 5.44. The predicted octanol–water partition coefficient (Wildman–Crippen LogP) is 3.14. The van der Waals surface area contributed by atoms with Crippen LogP contribution in [0.15, 0.2) is 10.7 Å². The summed E-state index contributed by atoms with van der Waals surface area (Å²) in [5.74, 6) is 1.68. The summed E-state index contributed by atoms with van der Waals surface area (Å²) >= 11 is 0. The average molecular weight is 384 g/mol. The molecule has 2 aliphatic rings. The third-order valence-corrected chi connectivity index (χ3v) is 5.99. The Morgan fingerprint density at radius 3 is 2.86 bits per heavy atom. The van der Waals surface area contributed by atoms with E-state index in [0.717, 1.165) is 55.3 Å². The summed E-state index contributed by atoms with van der Waals surface area (Å²) in [6, 6.07) is 0. The van der Waals surface area contributed by atoms with Gasteiger partial charge in [-0.25, -0.2) is 0 Å². The molecule has 0 bridgehead atoms. The third kappa shape index (κ3) is 3.68. The molecule has 1 saturated carbocycles. The number of aliphatic hydroxyl groups is 1. The maximum atomic E-state index is 12.3. The molecule has 7 heteroatoms. The van der Waals surface area contributed by atoms with Crippen molar-refractivity contribution < 1.29 is 14.4 Å². The first kappa shape index (κ1) is 19.1. The van der Waals surface area contributed by atoms with Crippen LogP contribution >= 0.6 is 0 Å². The fourth-order valence-corrected chi connectivity index (χ4v) is 4.36. The molecule has 4 rings (SSSR count). The minimum absolute atomic E-state index is 0.204. The molecule has 2 aromatic heterocycles. The zero-order valence-corrected chi connectivity index (χ0v) is 16.6. The first-order valence-corrected chi connectivity index (χ1v) is 10.3. The van der Waals surface area contributed by atoms with Crippen molar-refractivity contribution in [3.05, 3.63) is 28.9 Å². The van der Waals surface area contributed by atoms with Gasteiger partial charge in [-0.05, 0) is 56.6 Å². The van der Waals surface area contributed by atoms with Crippen LogP contribution in [0, 0.1) is 6.92 Å². The molecule has 0 aromatic carbocycles. The molecule has 1 fully saturated rings. The molecule has 150 valence electrons. The molecule has 0 spiro atoms. The van der Waals surface area contributed by atoms with Crippen molar-refractivity contribution in [3.63, 3.8) is 0 Å². The molecule has 0 unspecified atom stereocenters. The van der Waals surface area contributed by atoms with Crippen LogP contribution in [0.25, 0.3) is 11.4 Å². The lowest BCUT2D eigenvalue weighted by Gasteiger charge is -2.30. The molecular weight excluding hydrogens is 356 g/mol. The van der Waals surface area contributed by atoms with E-state index in [9.17, 15) is 9.90 Å². The molecule has 2 aromatic rings. The summed E-state index contributed by atoms with van der Waals surface area (Å²) in [4.78, 5) is 23.4. The molecule has 1 aliphatic heterocycles. The van der Waals surface area contributed by atoms with E-state index in [2.05, 4.69) is 10.1 Å². The van der Waals surface area contributed by atoms with Crippen LogP contribution in [0.3, 0.4) is 0 Å². The van der Waals surface area contributed by atoms with Gasteiger partial charge in [0.25, 0.3) is 0 Å². The summed E-state index contributed by atoms with van der Waals surface area (Å²) < 4.78 is 5.60. The fraction of sp³-hybridized carbons (Fsp3) is 0.619. The van der Waals surface area contributed by atoms with Gasteiger partial charge in [-0.1, -0.05) is 12.1 Å². The Bertz CT molecular complexity index is 855. The Hall–Kier alpha value is -2.28. The van der Waals surface area contributed by atoms with Gasteiger partial charge in [-0.2, -0.15) is 4.98 Å². The molecule has 28 heavy (non-hydrogen) atoms. The predicted molar refractivity (Wildman–Crippen MR) is 104 cm³/mol. The molecule has 7 nitrogen and oxygen atoms in total. The zero-order chi connectivity index (χ0) is 19.7. The van der Waals surface area contributed by atoms with Gasteiger partial charge < -0.3 is 14.5 Å². The summed E-state index contributed by atoms with van der Waals surface area (Å²) in [6.45, 7) is 5.31. The number of aromatic nitrogens is 3. The number of rotatable bonds is 4. The lowest BCUT2D eigenvalue weighted by Crippen LogP contribution is -2.36. The molecule has 0 saturated heterocycles. The monoisotopic (exact) mass is 384 g/mol. The smallest absolute Gasteiger partial charge is 0.230 e. The maximum absolute atomic E-state index is 12.3. The lowest BCUT2D eigenvalue weighted by atomic mass is 9.87. The van der Waals surface area contributed by atoms with E-state index in [-0.39, 0.29) is 17.9 Å². The molecule has 0 radical (unpaired) electrons. The second kappa shape index (κ2) is 7.99. The van der Waals surface area contributed by atoms with Crippen LogP contribution in [0.1, 0.15) is 74.1 Å². The lowest BCUT2D eigenvalue weighted by molar-refractivity contribution is -0.132. The van der Waals surface area contributed by atoms with E-state index in [4.69, 9.17) is 9.51 Å². The summed E-state index contributed by atoms with van der Waals surface area (Å²) in [6.07, 6.45) is 7.23. The van der Waals surface area contributed by atoms with Crippen molar-refractivity contribution in [2.45, 2.75) is 77.4 Å². The number of carbonyl (C=O) groups is 1. The first-order valence-electron chi connectivity index (χ1n) is 10.3. The van der Waals surface area contributed by atoms with Gasteiger partial charge in [-0.15, -0.1) is 0 Å². The van der Waals surface area contributed by atoms with Crippen LogP contribution in [-0.4, -0.2) is 43.7 Å². The SMILES string of the molecule is CCCC(=O)N1CCc2c(cnc(C)c2-c2noc(C3CCC(O)CC3)n2)C1. The number of hydrogen-bond acceptors (Lipinski definition) is 6. The number of fused-ring (bicyclic) bond motifs is 1. The molecular formula is C21H28N4O3.